The minimum Gasteiger partial charge on any atom is -0.306 e. The van der Waals surface area contributed by atoms with Crippen LogP contribution in [0.25, 0.3) is 0 Å². The third kappa shape index (κ3) is 2.40. The fourth-order valence-electron chi connectivity index (χ4n) is 2.60. The lowest BCUT2D eigenvalue weighted by atomic mass is 10.1. The summed E-state index contributed by atoms with van der Waals surface area (Å²) in [5.74, 6) is 0. The van der Waals surface area contributed by atoms with Crippen molar-refractivity contribution in [2.24, 2.45) is 0 Å². The highest BCUT2D eigenvalue weighted by molar-refractivity contribution is 9.10. The molecular formula is C15H16BrNS. The first kappa shape index (κ1) is 12.4. The Morgan fingerprint density at radius 1 is 1.39 bits per heavy atom. The van der Waals surface area contributed by atoms with Crippen molar-refractivity contribution >= 4 is 27.3 Å². The normalized spacial score (nSPS) is 18.0. The Balaban J connectivity index is 1.71. The predicted octanol–water partition coefficient (Wildman–Crippen LogP) is 4.60. The molecule has 1 aromatic heterocycles. The van der Waals surface area contributed by atoms with E-state index < -0.39 is 0 Å². The van der Waals surface area contributed by atoms with E-state index in [9.17, 15) is 0 Å². The van der Waals surface area contributed by atoms with Gasteiger partial charge in [0.15, 0.2) is 0 Å². The molecular weight excluding hydrogens is 306 g/mol. The molecule has 0 aliphatic heterocycles. The number of nitrogens with one attached hydrogen (secondary N) is 1. The molecule has 18 heavy (non-hydrogen) atoms. The van der Waals surface area contributed by atoms with Crippen LogP contribution in [-0.4, -0.2) is 0 Å². The van der Waals surface area contributed by atoms with Gasteiger partial charge in [0.1, 0.15) is 0 Å². The quantitative estimate of drug-likeness (QED) is 0.871. The summed E-state index contributed by atoms with van der Waals surface area (Å²) in [5, 5.41) is 8.16. The minimum atomic E-state index is 0.521. The summed E-state index contributed by atoms with van der Waals surface area (Å²) < 4.78 is 1.19. The van der Waals surface area contributed by atoms with E-state index in [-0.39, 0.29) is 0 Å². The van der Waals surface area contributed by atoms with Crippen LogP contribution in [0.5, 0.6) is 0 Å². The maximum atomic E-state index is 3.69. The van der Waals surface area contributed by atoms with Gasteiger partial charge in [0.2, 0.25) is 0 Å². The van der Waals surface area contributed by atoms with Gasteiger partial charge in [0.25, 0.3) is 0 Å². The van der Waals surface area contributed by atoms with Crippen LogP contribution >= 0.6 is 27.3 Å². The smallest absolute Gasteiger partial charge is 0.0329 e. The Bertz CT molecular complexity index is 561. The zero-order valence-corrected chi connectivity index (χ0v) is 12.8. The van der Waals surface area contributed by atoms with Crippen molar-refractivity contribution in [1.29, 1.82) is 0 Å². The van der Waals surface area contributed by atoms with Crippen molar-refractivity contribution in [3.8, 4) is 0 Å². The molecule has 1 unspecified atom stereocenters. The Kier molecular flexibility index (Phi) is 3.55. The van der Waals surface area contributed by atoms with E-state index in [4.69, 9.17) is 0 Å². The van der Waals surface area contributed by atoms with Crippen LogP contribution in [0.1, 0.15) is 34.7 Å². The lowest BCUT2D eigenvalue weighted by Gasteiger charge is -2.14. The molecule has 0 bridgehead atoms. The van der Waals surface area contributed by atoms with Crippen molar-refractivity contribution in [1.82, 2.24) is 5.32 Å². The van der Waals surface area contributed by atoms with Gasteiger partial charge >= 0.3 is 0 Å². The number of hydrogen-bond acceptors (Lipinski definition) is 2. The zero-order valence-electron chi connectivity index (χ0n) is 10.4. The summed E-state index contributed by atoms with van der Waals surface area (Å²) in [6.45, 7) is 3.17. The van der Waals surface area contributed by atoms with Crippen molar-refractivity contribution in [3.63, 3.8) is 0 Å². The Labute approximate surface area is 120 Å². The summed E-state index contributed by atoms with van der Waals surface area (Å²) in [4.78, 5) is 0. The molecule has 3 heteroatoms. The molecule has 1 N–H and O–H groups in total. The maximum absolute atomic E-state index is 3.69. The van der Waals surface area contributed by atoms with Gasteiger partial charge in [-0.25, -0.2) is 0 Å². The minimum absolute atomic E-state index is 0.521. The third-order valence-electron chi connectivity index (χ3n) is 3.68. The fraction of sp³-hybridized carbons (Fsp3) is 0.333. The first-order valence-electron chi connectivity index (χ1n) is 6.27. The second-order valence-electron chi connectivity index (χ2n) is 4.90. The molecule has 1 atom stereocenters. The first-order valence-corrected chi connectivity index (χ1v) is 8.01. The van der Waals surface area contributed by atoms with E-state index in [1.807, 2.05) is 0 Å². The van der Waals surface area contributed by atoms with Gasteiger partial charge in [-0.15, -0.1) is 0 Å². The summed E-state index contributed by atoms with van der Waals surface area (Å²) >= 11 is 5.34. The summed E-state index contributed by atoms with van der Waals surface area (Å²) in [7, 11) is 0. The number of thiophene rings is 1. The maximum Gasteiger partial charge on any atom is 0.0329 e. The van der Waals surface area contributed by atoms with E-state index in [1.54, 1.807) is 11.3 Å². The second kappa shape index (κ2) is 5.16. The lowest BCUT2D eigenvalue weighted by Crippen LogP contribution is -2.18. The Morgan fingerprint density at radius 3 is 3.06 bits per heavy atom. The summed E-state index contributed by atoms with van der Waals surface area (Å²) in [5.41, 5.74) is 5.81. The standard InChI is InChI=1S/C15H16BrNS/c1-10-8-18-9-12(10)7-17-15-5-2-11-6-13(16)3-4-14(11)15/h3-4,6,8-9,15,17H,2,5,7H2,1H3. The molecule has 0 spiro atoms. The third-order valence-corrected chi connectivity index (χ3v) is 5.09. The fourth-order valence-corrected chi connectivity index (χ4v) is 3.86. The van der Waals surface area contributed by atoms with Crippen LogP contribution in [0.15, 0.2) is 33.4 Å². The van der Waals surface area contributed by atoms with E-state index in [0.717, 1.165) is 6.54 Å². The number of hydrogen-bond donors (Lipinski definition) is 1. The van der Waals surface area contributed by atoms with E-state index in [0.29, 0.717) is 6.04 Å². The SMILES string of the molecule is Cc1cscc1CNC1CCc2cc(Br)ccc21. The average Bonchev–Trinajstić information content (AvgIpc) is 2.93. The topological polar surface area (TPSA) is 12.0 Å². The predicted molar refractivity (Wildman–Crippen MR) is 81.1 cm³/mol. The summed E-state index contributed by atoms with van der Waals surface area (Å²) in [6.07, 6.45) is 2.41. The average molecular weight is 322 g/mol. The van der Waals surface area contributed by atoms with Gasteiger partial charge in [0.05, 0.1) is 0 Å². The van der Waals surface area contributed by atoms with Crippen LogP contribution in [0.4, 0.5) is 0 Å². The van der Waals surface area contributed by atoms with Gasteiger partial charge < -0.3 is 5.32 Å². The molecule has 0 saturated carbocycles. The molecule has 1 aliphatic rings. The molecule has 2 aromatic rings. The Hall–Kier alpha value is -0.640. The molecule has 0 saturated heterocycles. The van der Waals surface area contributed by atoms with Gasteiger partial charge in [-0.05, 0) is 64.9 Å². The molecule has 1 aromatic carbocycles. The van der Waals surface area contributed by atoms with Gasteiger partial charge in [-0.1, -0.05) is 22.0 Å². The zero-order chi connectivity index (χ0) is 12.5. The number of halogens is 1. The Morgan fingerprint density at radius 2 is 2.28 bits per heavy atom. The van der Waals surface area contributed by atoms with E-state index in [1.165, 1.54) is 39.6 Å². The molecule has 0 fully saturated rings. The number of aryl methyl sites for hydroxylation is 2. The van der Waals surface area contributed by atoms with Crippen molar-refractivity contribution in [2.75, 3.05) is 0 Å². The van der Waals surface area contributed by atoms with E-state index >= 15 is 0 Å². The highest BCUT2D eigenvalue weighted by Gasteiger charge is 2.21. The second-order valence-corrected chi connectivity index (χ2v) is 6.55. The largest absolute Gasteiger partial charge is 0.306 e. The number of rotatable bonds is 3. The van der Waals surface area contributed by atoms with Crippen LogP contribution < -0.4 is 5.32 Å². The molecule has 94 valence electrons. The van der Waals surface area contributed by atoms with Gasteiger partial charge in [-0.2, -0.15) is 11.3 Å². The number of benzene rings is 1. The van der Waals surface area contributed by atoms with Crippen LogP contribution in [0, 0.1) is 6.92 Å². The van der Waals surface area contributed by atoms with Gasteiger partial charge in [0, 0.05) is 17.1 Å². The summed E-state index contributed by atoms with van der Waals surface area (Å²) in [6, 6.07) is 7.18. The van der Waals surface area contributed by atoms with E-state index in [2.05, 4.69) is 57.1 Å². The molecule has 3 rings (SSSR count). The highest BCUT2D eigenvalue weighted by atomic mass is 79.9. The molecule has 1 nitrogen and oxygen atoms in total. The van der Waals surface area contributed by atoms with Crippen molar-refractivity contribution < 1.29 is 0 Å². The van der Waals surface area contributed by atoms with Crippen molar-refractivity contribution in [3.05, 3.63) is 55.7 Å². The highest BCUT2D eigenvalue weighted by Crippen LogP contribution is 2.33. The molecule has 1 aliphatic carbocycles. The van der Waals surface area contributed by atoms with Gasteiger partial charge in [-0.3, -0.25) is 0 Å². The molecule has 0 radical (unpaired) electrons. The molecule has 1 heterocycles. The van der Waals surface area contributed by atoms with Crippen LogP contribution in [0.3, 0.4) is 0 Å². The van der Waals surface area contributed by atoms with Crippen molar-refractivity contribution in [2.45, 2.75) is 32.4 Å². The van der Waals surface area contributed by atoms with Crippen LogP contribution in [-0.2, 0) is 13.0 Å². The van der Waals surface area contributed by atoms with Crippen LogP contribution in [0.2, 0.25) is 0 Å². The molecule has 0 amide bonds. The number of fused-ring (bicyclic) bond motifs is 1. The first-order chi connectivity index (χ1) is 8.74. The lowest BCUT2D eigenvalue weighted by molar-refractivity contribution is 0.530. The monoisotopic (exact) mass is 321 g/mol.